The summed E-state index contributed by atoms with van der Waals surface area (Å²) in [4.78, 5) is 12.8. The van der Waals surface area contributed by atoms with Crippen LogP contribution in [0.5, 0.6) is 28.7 Å². The van der Waals surface area contributed by atoms with Crippen LogP contribution in [-0.4, -0.2) is 66.0 Å². The SMILES string of the molecule is COc1ccc2c(c1)C(=O)NC(c1ccc(OCCCOc3c(OC)cc(-c4cc(-c5cc(CO)c(CO)c(CO)c5)no4)cc3OC)c(CO)c1)N2. The van der Waals surface area contributed by atoms with Gasteiger partial charge in [-0.3, -0.25) is 4.79 Å². The number of carbonyl (C=O) groups excluding carboxylic acids is 1. The monoisotopic (exact) mass is 727 g/mol. The van der Waals surface area contributed by atoms with Crippen LogP contribution in [0.4, 0.5) is 5.69 Å². The second-order valence-corrected chi connectivity index (χ2v) is 12.1. The maximum Gasteiger partial charge on any atom is 0.255 e. The third kappa shape index (κ3) is 7.85. The minimum atomic E-state index is -0.497. The summed E-state index contributed by atoms with van der Waals surface area (Å²) < 4.78 is 34.2. The lowest BCUT2D eigenvalue weighted by atomic mass is 9.97. The maximum absolute atomic E-state index is 12.8. The van der Waals surface area contributed by atoms with Gasteiger partial charge in [0.1, 0.15) is 23.4 Å². The minimum Gasteiger partial charge on any atom is -0.497 e. The van der Waals surface area contributed by atoms with E-state index >= 15 is 0 Å². The second kappa shape index (κ2) is 16.7. The molecule has 0 saturated carbocycles. The van der Waals surface area contributed by atoms with Crippen LogP contribution in [0.1, 0.15) is 50.8 Å². The van der Waals surface area contributed by atoms with Crippen molar-refractivity contribution in [3.8, 4) is 51.3 Å². The van der Waals surface area contributed by atoms with Gasteiger partial charge in [0.15, 0.2) is 17.3 Å². The number of hydrogen-bond donors (Lipinski definition) is 6. The molecule has 1 unspecified atom stereocenters. The molecule has 14 heteroatoms. The van der Waals surface area contributed by atoms with E-state index in [2.05, 4.69) is 15.8 Å². The van der Waals surface area contributed by atoms with Gasteiger partial charge in [-0.15, -0.1) is 0 Å². The van der Waals surface area contributed by atoms with Gasteiger partial charge >= 0.3 is 0 Å². The van der Waals surface area contributed by atoms with Crippen molar-refractivity contribution in [2.24, 2.45) is 0 Å². The topological polar surface area (TPSA) is 194 Å². The number of ether oxygens (including phenoxy) is 5. The Balaban J connectivity index is 1.09. The third-order valence-corrected chi connectivity index (χ3v) is 8.91. The van der Waals surface area contributed by atoms with E-state index < -0.39 is 6.17 Å². The Morgan fingerprint density at radius 3 is 2.04 bits per heavy atom. The highest BCUT2D eigenvalue weighted by atomic mass is 16.5. The molecular formula is C39H41N3O11. The fourth-order valence-corrected chi connectivity index (χ4v) is 6.13. The number of aromatic nitrogens is 1. The number of nitrogens with one attached hydrogen (secondary N) is 2. The van der Waals surface area contributed by atoms with Crippen molar-refractivity contribution in [3.05, 3.63) is 100 Å². The molecule has 6 N–H and O–H groups in total. The average molecular weight is 728 g/mol. The number of anilines is 1. The lowest BCUT2D eigenvalue weighted by Gasteiger charge is -2.29. The van der Waals surface area contributed by atoms with Crippen LogP contribution in [0.3, 0.4) is 0 Å². The summed E-state index contributed by atoms with van der Waals surface area (Å²) in [5.74, 6) is 2.47. The van der Waals surface area contributed by atoms with Gasteiger partial charge in [-0.2, -0.15) is 0 Å². The normalized spacial score (nSPS) is 13.5. The molecule has 0 radical (unpaired) electrons. The van der Waals surface area contributed by atoms with Gasteiger partial charge in [-0.25, -0.2) is 0 Å². The minimum absolute atomic E-state index is 0.235. The Kier molecular flexibility index (Phi) is 11.6. The molecule has 0 aliphatic carbocycles. The number of carbonyl (C=O) groups is 1. The van der Waals surface area contributed by atoms with E-state index in [9.17, 15) is 25.2 Å². The molecular weight excluding hydrogens is 686 g/mol. The summed E-state index contributed by atoms with van der Waals surface area (Å²) in [7, 11) is 4.57. The summed E-state index contributed by atoms with van der Waals surface area (Å²) in [6.07, 6.45) is -0.00332. The van der Waals surface area contributed by atoms with Gasteiger partial charge in [-0.05, 0) is 76.9 Å². The predicted octanol–water partition coefficient (Wildman–Crippen LogP) is 4.71. The van der Waals surface area contributed by atoms with Crippen molar-refractivity contribution in [2.45, 2.75) is 39.0 Å². The quantitative estimate of drug-likeness (QED) is 0.0767. The van der Waals surface area contributed by atoms with Gasteiger partial charge in [-0.1, -0.05) is 11.2 Å². The summed E-state index contributed by atoms with van der Waals surface area (Å²) in [5.41, 5.74) is 5.62. The van der Waals surface area contributed by atoms with Crippen LogP contribution in [0.2, 0.25) is 0 Å². The number of rotatable bonds is 16. The number of hydrogen-bond acceptors (Lipinski definition) is 13. The first kappa shape index (κ1) is 37.0. The highest BCUT2D eigenvalue weighted by Crippen LogP contribution is 2.42. The Bertz CT molecular complexity index is 2030. The molecule has 14 nitrogen and oxygen atoms in total. The highest BCUT2D eigenvalue weighted by Gasteiger charge is 2.26. The first-order valence-corrected chi connectivity index (χ1v) is 16.8. The lowest BCUT2D eigenvalue weighted by Crippen LogP contribution is -2.38. The molecule has 278 valence electrons. The fourth-order valence-electron chi connectivity index (χ4n) is 6.13. The zero-order chi connectivity index (χ0) is 37.5. The first-order chi connectivity index (χ1) is 25.8. The average Bonchev–Trinajstić information content (AvgIpc) is 3.70. The molecule has 1 aliphatic rings. The molecule has 2 heterocycles. The van der Waals surface area contributed by atoms with Crippen LogP contribution in [0.15, 0.2) is 71.3 Å². The van der Waals surface area contributed by atoms with Crippen molar-refractivity contribution in [3.63, 3.8) is 0 Å². The van der Waals surface area contributed by atoms with Crippen LogP contribution in [-0.2, 0) is 26.4 Å². The van der Waals surface area contributed by atoms with Crippen molar-refractivity contribution in [1.29, 1.82) is 0 Å². The molecule has 6 rings (SSSR count). The van der Waals surface area contributed by atoms with E-state index in [0.717, 1.165) is 5.56 Å². The van der Waals surface area contributed by atoms with Crippen LogP contribution < -0.4 is 34.3 Å². The number of amides is 1. The number of methoxy groups -OCH3 is 3. The molecule has 0 saturated heterocycles. The standard InChI is InChI=1S/C39H41N3O11/c1-48-28-6-7-31-29(16-28)39(47)41-38(40-31)22-5-8-33(27(11-22)20-45)51-9-4-10-52-37-35(49-2)14-24(15-36(37)50-3)34-17-32(42-53-34)23-12-25(18-43)30(21-46)26(13-23)19-44/h5-8,11-17,38,40,43-46H,4,9-10,18-21H2,1-3H3,(H,41,47). The molecule has 4 aromatic carbocycles. The Morgan fingerprint density at radius 2 is 1.40 bits per heavy atom. The predicted molar refractivity (Wildman–Crippen MR) is 193 cm³/mol. The van der Waals surface area contributed by atoms with Crippen LogP contribution in [0.25, 0.3) is 22.6 Å². The summed E-state index contributed by atoms with van der Waals surface area (Å²) >= 11 is 0. The van der Waals surface area contributed by atoms with Crippen LogP contribution >= 0.6 is 0 Å². The molecule has 0 spiro atoms. The number of aliphatic hydroxyl groups excluding tert-OH is 4. The van der Waals surface area contributed by atoms with Crippen molar-refractivity contribution in [2.75, 3.05) is 39.9 Å². The number of aliphatic hydroxyl groups is 4. The first-order valence-electron chi connectivity index (χ1n) is 16.8. The highest BCUT2D eigenvalue weighted by molar-refractivity contribution is 6.02. The summed E-state index contributed by atoms with van der Waals surface area (Å²) in [6, 6.07) is 19.2. The van der Waals surface area contributed by atoms with Gasteiger partial charge in [0, 0.05) is 34.9 Å². The van der Waals surface area contributed by atoms with E-state index in [4.69, 9.17) is 28.2 Å². The molecule has 53 heavy (non-hydrogen) atoms. The van der Waals surface area contributed by atoms with Crippen molar-refractivity contribution in [1.82, 2.24) is 10.5 Å². The molecule has 0 bridgehead atoms. The van der Waals surface area contributed by atoms with Crippen LogP contribution in [0, 0.1) is 0 Å². The molecule has 1 atom stereocenters. The van der Waals surface area contributed by atoms with Gasteiger partial charge in [0.2, 0.25) is 5.75 Å². The van der Waals surface area contributed by atoms with E-state index in [1.54, 1.807) is 67.8 Å². The van der Waals surface area contributed by atoms with Gasteiger partial charge in [0.05, 0.1) is 66.5 Å². The smallest absolute Gasteiger partial charge is 0.255 e. The zero-order valence-corrected chi connectivity index (χ0v) is 29.5. The fraction of sp³-hybridized carbons (Fsp3) is 0.282. The van der Waals surface area contributed by atoms with Crippen molar-refractivity contribution >= 4 is 11.6 Å². The van der Waals surface area contributed by atoms with Crippen molar-refractivity contribution < 1.29 is 53.4 Å². The Morgan fingerprint density at radius 1 is 0.698 bits per heavy atom. The zero-order valence-electron chi connectivity index (χ0n) is 29.5. The lowest BCUT2D eigenvalue weighted by molar-refractivity contribution is 0.0935. The Labute approximate surface area is 305 Å². The molecule has 1 aromatic heterocycles. The molecule has 1 amide bonds. The van der Waals surface area contributed by atoms with E-state index in [-0.39, 0.29) is 38.9 Å². The molecule has 0 fully saturated rings. The molecule has 5 aromatic rings. The largest absolute Gasteiger partial charge is 0.497 e. The number of benzene rings is 4. The summed E-state index contributed by atoms with van der Waals surface area (Å²) in [6.45, 7) is -0.645. The Hall–Kier alpha value is -5.80. The van der Waals surface area contributed by atoms with E-state index in [1.165, 1.54) is 14.2 Å². The summed E-state index contributed by atoms with van der Waals surface area (Å²) in [5, 5.41) is 49.9. The second-order valence-electron chi connectivity index (χ2n) is 12.1. The van der Waals surface area contributed by atoms with Gasteiger partial charge < -0.3 is 59.3 Å². The third-order valence-electron chi connectivity index (χ3n) is 8.91. The molecule has 1 aliphatic heterocycles. The maximum atomic E-state index is 12.8. The van der Waals surface area contributed by atoms with E-state index in [0.29, 0.717) is 97.9 Å². The van der Waals surface area contributed by atoms with E-state index in [1.807, 2.05) is 6.07 Å². The number of nitrogens with zero attached hydrogens (tertiary/aromatic N) is 1. The van der Waals surface area contributed by atoms with Gasteiger partial charge in [0.25, 0.3) is 5.91 Å². The number of fused-ring (bicyclic) bond motifs is 1.